The maximum absolute atomic E-state index is 12.3. The minimum atomic E-state index is -3.62. The van der Waals surface area contributed by atoms with Crippen molar-refractivity contribution < 1.29 is 8.42 Å². The van der Waals surface area contributed by atoms with Gasteiger partial charge in [-0.3, -0.25) is 4.79 Å². The van der Waals surface area contributed by atoms with Gasteiger partial charge < -0.3 is 4.57 Å². The van der Waals surface area contributed by atoms with Gasteiger partial charge >= 0.3 is 0 Å². The van der Waals surface area contributed by atoms with E-state index in [2.05, 4.69) is 0 Å². The minimum Gasteiger partial charge on any atom is -0.309 e. The lowest BCUT2D eigenvalue weighted by atomic mass is 10.2. The van der Waals surface area contributed by atoms with E-state index in [9.17, 15) is 13.2 Å². The molecule has 4 nitrogen and oxygen atoms in total. The van der Waals surface area contributed by atoms with Crippen LogP contribution in [0.2, 0.25) is 5.02 Å². The minimum absolute atomic E-state index is 0.0521. The van der Waals surface area contributed by atoms with Gasteiger partial charge in [0.2, 0.25) is 0 Å². The van der Waals surface area contributed by atoms with E-state index in [1.165, 1.54) is 11.5 Å². The van der Waals surface area contributed by atoms with Crippen LogP contribution in [0.3, 0.4) is 0 Å². The summed E-state index contributed by atoms with van der Waals surface area (Å²) in [6.45, 7) is 8.67. The van der Waals surface area contributed by atoms with E-state index in [0.717, 1.165) is 0 Å². The third-order valence-electron chi connectivity index (χ3n) is 3.05. The van der Waals surface area contributed by atoms with Crippen LogP contribution in [0, 0.1) is 13.8 Å². The van der Waals surface area contributed by atoms with Crippen molar-refractivity contribution in [3.8, 4) is 0 Å². The van der Waals surface area contributed by atoms with Crippen molar-refractivity contribution in [3.05, 3.63) is 26.6 Å². The summed E-state index contributed by atoms with van der Waals surface area (Å²) in [6, 6.07) is -0.112. The molecule has 0 fully saturated rings. The van der Waals surface area contributed by atoms with Crippen LogP contribution in [-0.4, -0.2) is 18.7 Å². The number of hydrogen-bond acceptors (Lipinski definition) is 3. The van der Waals surface area contributed by atoms with Gasteiger partial charge in [0.05, 0.1) is 10.8 Å². The van der Waals surface area contributed by atoms with Gasteiger partial charge in [-0.15, -0.1) is 0 Å². The van der Waals surface area contributed by atoms with Crippen molar-refractivity contribution in [2.24, 2.45) is 0 Å². The van der Waals surface area contributed by atoms with Crippen molar-refractivity contribution in [1.29, 1.82) is 0 Å². The van der Waals surface area contributed by atoms with Gasteiger partial charge in [-0.25, -0.2) is 8.42 Å². The van der Waals surface area contributed by atoms with Crippen molar-refractivity contribution in [2.75, 3.05) is 5.75 Å². The van der Waals surface area contributed by atoms with Crippen molar-refractivity contribution in [1.82, 2.24) is 4.57 Å². The molecule has 0 radical (unpaired) electrons. The van der Waals surface area contributed by atoms with E-state index in [1.807, 2.05) is 13.8 Å². The number of hydrogen-bond donors (Lipinski definition) is 0. The molecule has 0 aromatic carbocycles. The maximum atomic E-state index is 12.3. The van der Waals surface area contributed by atoms with Gasteiger partial charge in [-0.2, -0.15) is 0 Å². The molecule has 0 saturated heterocycles. The second-order valence-electron chi connectivity index (χ2n) is 4.53. The summed E-state index contributed by atoms with van der Waals surface area (Å²) in [6.07, 6.45) is 0. The van der Waals surface area contributed by atoms with E-state index in [-0.39, 0.29) is 21.7 Å². The second-order valence-corrected chi connectivity index (χ2v) is 7.12. The molecule has 0 spiro atoms. The molecular formula is C12H18ClNO3S. The predicted molar refractivity (Wildman–Crippen MR) is 73.3 cm³/mol. The SMILES string of the molecule is CCS(=O)(=O)c1c(Cl)c(C)c(C)n(C(C)C)c1=O. The Morgan fingerprint density at radius 1 is 1.28 bits per heavy atom. The summed E-state index contributed by atoms with van der Waals surface area (Å²) in [7, 11) is -3.62. The number of rotatable bonds is 3. The second kappa shape index (κ2) is 5.05. The average Bonchev–Trinajstić information content (AvgIpc) is 2.25. The van der Waals surface area contributed by atoms with E-state index in [1.54, 1.807) is 13.8 Å². The van der Waals surface area contributed by atoms with Gasteiger partial charge in [-0.05, 0) is 33.3 Å². The number of sulfone groups is 1. The Hall–Kier alpha value is -0.810. The highest BCUT2D eigenvalue weighted by molar-refractivity contribution is 7.91. The first-order chi connectivity index (χ1) is 8.15. The monoisotopic (exact) mass is 291 g/mol. The van der Waals surface area contributed by atoms with Crippen LogP contribution in [0.4, 0.5) is 0 Å². The molecule has 0 N–H and O–H groups in total. The molecule has 0 unspecified atom stereocenters. The lowest BCUT2D eigenvalue weighted by Gasteiger charge is -2.19. The molecule has 1 rings (SSSR count). The maximum Gasteiger partial charge on any atom is 0.271 e. The van der Waals surface area contributed by atoms with Crippen LogP contribution in [0.5, 0.6) is 0 Å². The topological polar surface area (TPSA) is 56.1 Å². The largest absolute Gasteiger partial charge is 0.309 e. The summed E-state index contributed by atoms with van der Waals surface area (Å²) < 4.78 is 25.4. The average molecular weight is 292 g/mol. The third kappa shape index (κ3) is 2.34. The van der Waals surface area contributed by atoms with E-state index < -0.39 is 15.4 Å². The molecule has 0 aliphatic carbocycles. The van der Waals surface area contributed by atoms with Gasteiger partial charge in [-0.1, -0.05) is 18.5 Å². The quantitative estimate of drug-likeness (QED) is 0.860. The zero-order chi connectivity index (χ0) is 14.2. The molecule has 102 valence electrons. The van der Waals surface area contributed by atoms with Crippen LogP contribution < -0.4 is 5.56 Å². The molecule has 0 saturated carbocycles. The fourth-order valence-electron chi connectivity index (χ4n) is 1.90. The molecule has 1 aromatic rings. The first kappa shape index (κ1) is 15.2. The molecule has 18 heavy (non-hydrogen) atoms. The molecule has 1 aromatic heterocycles. The number of halogens is 1. The van der Waals surface area contributed by atoms with Gasteiger partial charge in [0.15, 0.2) is 14.7 Å². The Morgan fingerprint density at radius 2 is 1.78 bits per heavy atom. The van der Waals surface area contributed by atoms with Crippen molar-refractivity contribution in [3.63, 3.8) is 0 Å². The standard InChI is InChI=1S/C12H18ClNO3S/c1-6-18(16,17)11-10(13)8(4)9(5)14(7(2)3)12(11)15/h7H,6H2,1-5H3. The summed E-state index contributed by atoms with van der Waals surface area (Å²) in [5.74, 6) is -0.136. The van der Waals surface area contributed by atoms with E-state index in [0.29, 0.717) is 11.3 Å². The van der Waals surface area contributed by atoms with Gasteiger partial charge in [0.1, 0.15) is 0 Å². The van der Waals surface area contributed by atoms with Crippen LogP contribution in [0.1, 0.15) is 38.1 Å². The fourth-order valence-corrected chi connectivity index (χ4v) is 3.55. The highest BCUT2D eigenvalue weighted by atomic mass is 35.5. The van der Waals surface area contributed by atoms with Crippen molar-refractivity contribution in [2.45, 2.75) is 45.6 Å². The van der Waals surface area contributed by atoms with Gasteiger partial charge in [0.25, 0.3) is 5.56 Å². The summed E-state index contributed by atoms with van der Waals surface area (Å²) in [5.41, 5.74) is 0.812. The smallest absolute Gasteiger partial charge is 0.271 e. The Labute approximate surface area is 113 Å². The number of pyridine rings is 1. The third-order valence-corrected chi connectivity index (χ3v) is 5.40. The zero-order valence-electron chi connectivity index (χ0n) is 11.2. The van der Waals surface area contributed by atoms with Crippen LogP contribution in [0.15, 0.2) is 9.69 Å². The fraction of sp³-hybridized carbons (Fsp3) is 0.583. The number of aromatic nitrogens is 1. The lowest BCUT2D eigenvalue weighted by molar-refractivity contribution is 0.544. The summed E-state index contributed by atoms with van der Waals surface area (Å²) in [5, 5.41) is 0.0521. The Bertz CT molecular complexity index is 630. The Morgan fingerprint density at radius 3 is 2.17 bits per heavy atom. The van der Waals surface area contributed by atoms with Crippen molar-refractivity contribution >= 4 is 21.4 Å². The Balaban J connectivity index is 3.92. The van der Waals surface area contributed by atoms with Crippen LogP contribution >= 0.6 is 11.6 Å². The first-order valence-corrected chi connectivity index (χ1v) is 7.82. The molecule has 0 amide bonds. The van der Waals surface area contributed by atoms with Crippen LogP contribution in [-0.2, 0) is 9.84 Å². The molecule has 1 heterocycles. The Kier molecular flexibility index (Phi) is 4.28. The van der Waals surface area contributed by atoms with Crippen LogP contribution in [0.25, 0.3) is 0 Å². The van der Waals surface area contributed by atoms with E-state index in [4.69, 9.17) is 11.6 Å². The highest BCUT2D eigenvalue weighted by Gasteiger charge is 2.26. The normalized spacial score (nSPS) is 12.2. The molecule has 0 atom stereocenters. The molecule has 6 heteroatoms. The predicted octanol–water partition coefficient (Wildman–Crippen LogP) is 2.49. The zero-order valence-corrected chi connectivity index (χ0v) is 12.8. The first-order valence-electron chi connectivity index (χ1n) is 5.79. The lowest BCUT2D eigenvalue weighted by Crippen LogP contribution is -2.31. The number of nitrogens with zero attached hydrogens (tertiary/aromatic N) is 1. The molecular weight excluding hydrogens is 274 g/mol. The highest BCUT2D eigenvalue weighted by Crippen LogP contribution is 2.26. The molecule has 0 aliphatic heterocycles. The van der Waals surface area contributed by atoms with Gasteiger partial charge in [0, 0.05) is 11.7 Å². The summed E-state index contributed by atoms with van der Waals surface area (Å²) in [4.78, 5) is 12.0. The van der Waals surface area contributed by atoms with E-state index >= 15 is 0 Å². The molecule has 0 aliphatic rings. The summed E-state index contributed by atoms with van der Waals surface area (Å²) >= 11 is 6.05. The molecule has 0 bridgehead atoms.